The minimum Gasteiger partial charge on any atom is -0.465 e. The number of halogens is 2. The third-order valence-electron chi connectivity index (χ3n) is 2.24. The molecule has 0 aliphatic carbocycles. The van der Waals surface area contributed by atoms with Crippen molar-refractivity contribution >= 4 is 16.0 Å². The maximum Gasteiger partial charge on any atom is 0.321 e. The van der Waals surface area contributed by atoms with Crippen molar-refractivity contribution in [1.29, 1.82) is 0 Å². The molecule has 106 valence electrons. The molecule has 0 saturated heterocycles. The van der Waals surface area contributed by atoms with E-state index in [1.165, 1.54) is 0 Å². The van der Waals surface area contributed by atoms with Crippen molar-refractivity contribution in [2.45, 2.75) is 11.8 Å². The molecule has 0 N–H and O–H groups in total. The van der Waals surface area contributed by atoms with Crippen molar-refractivity contribution in [3.05, 3.63) is 29.8 Å². The number of carbonyl (C=O) groups is 1. The zero-order chi connectivity index (χ0) is 14.6. The Morgan fingerprint density at radius 3 is 2.58 bits per heavy atom. The normalized spacial score (nSPS) is 11.6. The summed E-state index contributed by atoms with van der Waals surface area (Å²) in [5, 5.41) is 0. The highest BCUT2D eigenvalue weighted by atomic mass is 32.2. The number of rotatable bonds is 5. The highest BCUT2D eigenvalue weighted by molar-refractivity contribution is 7.89. The molecule has 19 heavy (non-hydrogen) atoms. The third kappa shape index (κ3) is 3.71. The first-order valence-corrected chi connectivity index (χ1v) is 6.80. The molecular formula is C11H13F2NO4S. The molecule has 0 saturated carbocycles. The van der Waals surface area contributed by atoms with E-state index in [4.69, 9.17) is 0 Å². The molecular weight excluding hydrogens is 280 g/mol. The second-order valence-corrected chi connectivity index (χ2v) is 5.65. The van der Waals surface area contributed by atoms with Gasteiger partial charge in [-0.1, -0.05) is 0 Å². The molecule has 0 aromatic heterocycles. The lowest BCUT2D eigenvalue weighted by Crippen LogP contribution is -2.33. The monoisotopic (exact) mass is 293 g/mol. The minimum absolute atomic E-state index is 0.0983. The predicted octanol–water partition coefficient (Wildman–Crippen LogP) is 1.15. The highest BCUT2D eigenvalue weighted by Gasteiger charge is 2.27. The van der Waals surface area contributed by atoms with Gasteiger partial charge < -0.3 is 4.74 Å². The van der Waals surface area contributed by atoms with Gasteiger partial charge in [-0.3, -0.25) is 4.79 Å². The summed E-state index contributed by atoms with van der Waals surface area (Å²) in [5.74, 6) is -2.74. The Bertz CT molecular complexity index is 574. The number of hydrogen-bond acceptors (Lipinski definition) is 4. The maximum atomic E-state index is 13.4. The molecule has 0 aliphatic rings. The van der Waals surface area contributed by atoms with Crippen LogP contribution in [0.1, 0.15) is 6.92 Å². The number of hydrogen-bond donors (Lipinski definition) is 0. The van der Waals surface area contributed by atoms with Gasteiger partial charge in [-0.2, -0.15) is 4.31 Å². The number of sulfonamides is 1. The molecule has 0 aliphatic heterocycles. The number of nitrogens with zero attached hydrogens (tertiary/aromatic N) is 1. The van der Waals surface area contributed by atoms with Crippen LogP contribution in [-0.4, -0.2) is 38.9 Å². The van der Waals surface area contributed by atoms with Gasteiger partial charge in [0.25, 0.3) is 0 Å². The summed E-state index contributed by atoms with van der Waals surface area (Å²) in [6.07, 6.45) is 0. The van der Waals surface area contributed by atoms with Crippen molar-refractivity contribution in [1.82, 2.24) is 4.31 Å². The Kier molecular flexibility index (Phi) is 4.96. The third-order valence-corrected chi connectivity index (χ3v) is 4.06. The number of ether oxygens (including phenoxy) is 1. The Hall–Kier alpha value is -1.54. The summed E-state index contributed by atoms with van der Waals surface area (Å²) >= 11 is 0. The van der Waals surface area contributed by atoms with Crippen LogP contribution in [0.15, 0.2) is 23.1 Å². The smallest absolute Gasteiger partial charge is 0.321 e. The largest absolute Gasteiger partial charge is 0.465 e. The van der Waals surface area contributed by atoms with Gasteiger partial charge in [0.15, 0.2) is 0 Å². The quantitative estimate of drug-likeness (QED) is 0.764. The van der Waals surface area contributed by atoms with Gasteiger partial charge >= 0.3 is 5.97 Å². The van der Waals surface area contributed by atoms with Crippen molar-refractivity contribution in [2.24, 2.45) is 0 Å². The molecule has 0 spiro atoms. The van der Waals surface area contributed by atoms with Crippen LogP contribution in [0.3, 0.4) is 0 Å². The van der Waals surface area contributed by atoms with E-state index in [-0.39, 0.29) is 6.61 Å². The number of likely N-dealkylation sites (N-methyl/N-ethyl adjacent to an activating group) is 1. The number of esters is 1. The summed E-state index contributed by atoms with van der Waals surface area (Å²) < 4.78 is 55.5. The van der Waals surface area contributed by atoms with Gasteiger partial charge in [-0.15, -0.1) is 0 Å². The molecule has 0 unspecified atom stereocenters. The predicted molar refractivity (Wildman–Crippen MR) is 62.8 cm³/mol. The minimum atomic E-state index is -4.29. The molecule has 1 aromatic rings. The molecule has 0 atom stereocenters. The number of benzene rings is 1. The lowest BCUT2D eigenvalue weighted by atomic mass is 10.3. The van der Waals surface area contributed by atoms with Crippen molar-refractivity contribution in [3.63, 3.8) is 0 Å². The molecule has 5 nitrogen and oxygen atoms in total. The first-order chi connectivity index (χ1) is 8.78. The van der Waals surface area contributed by atoms with Gasteiger partial charge in [-0.25, -0.2) is 17.2 Å². The highest BCUT2D eigenvalue weighted by Crippen LogP contribution is 2.19. The lowest BCUT2D eigenvalue weighted by molar-refractivity contribution is -0.143. The first kappa shape index (κ1) is 15.5. The Balaban J connectivity index is 3.03. The summed E-state index contributed by atoms with van der Waals surface area (Å²) in [5.41, 5.74) is 0. The molecule has 0 fully saturated rings. The fourth-order valence-electron chi connectivity index (χ4n) is 1.32. The summed E-state index contributed by atoms with van der Waals surface area (Å²) in [4.78, 5) is 10.4. The van der Waals surface area contributed by atoms with Crippen LogP contribution in [0, 0.1) is 11.6 Å². The molecule has 1 aromatic carbocycles. The topological polar surface area (TPSA) is 63.7 Å². The van der Waals surface area contributed by atoms with Crippen molar-refractivity contribution in [2.75, 3.05) is 20.2 Å². The summed E-state index contributed by atoms with van der Waals surface area (Å²) in [7, 11) is -3.21. The van der Waals surface area contributed by atoms with Crippen LogP contribution >= 0.6 is 0 Å². The maximum absolute atomic E-state index is 13.4. The van der Waals surface area contributed by atoms with Crippen LogP contribution < -0.4 is 0 Å². The van der Waals surface area contributed by atoms with Gasteiger partial charge in [0.1, 0.15) is 23.1 Å². The summed E-state index contributed by atoms with van der Waals surface area (Å²) in [6, 6.07) is 2.08. The first-order valence-electron chi connectivity index (χ1n) is 5.36. The van der Waals surface area contributed by atoms with Crippen LogP contribution in [-0.2, 0) is 19.6 Å². The van der Waals surface area contributed by atoms with Gasteiger partial charge in [-0.05, 0) is 25.1 Å². The van der Waals surface area contributed by atoms with Crippen molar-refractivity contribution in [3.8, 4) is 0 Å². The van der Waals surface area contributed by atoms with Crippen LogP contribution in [0.2, 0.25) is 0 Å². The van der Waals surface area contributed by atoms with E-state index in [9.17, 15) is 22.0 Å². The molecule has 8 heteroatoms. The fourth-order valence-corrected chi connectivity index (χ4v) is 2.50. The van der Waals surface area contributed by atoms with E-state index in [2.05, 4.69) is 4.74 Å². The molecule has 1 rings (SSSR count). The van der Waals surface area contributed by atoms with E-state index >= 15 is 0 Å². The number of carbonyl (C=O) groups excluding carboxylic acids is 1. The van der Waals surface area contributed by atoms with Crippen molar-refractivity contribution < 1.29 is 26.7 Å². The average molecular weight is 293 g/mol. The lowest BCUT2D eigenvalue weighted by Gasteiger charge is -2.16. The molecule has 0 bridgehead atoms. The zero-order valence-electron chi connectivity index (χ0n) is 10.4. The SMILES string of the molecule is CCOC(=O)CN(C)S(=O)(=O)c1cc(F)ccc1F. The van der Waals surface area contributed by atoms with E-state index < -0.39 is 39.1 Å². The molecule has 0 radical (unpaired) electrons. The molecule has 0 amide bonds. The second kappa shape index (κ2) is 6.07. The molecule has 0 heterocycles. The Morgan fingerprint density at radius 1 is 1.37 bits per heavy atom. The van der Waals surface area contributed by atoms with Gasteiger partial charge in [0.2, 0.25) is 10.0 Å². The average Bonchev–Trinajstić information content (AvgIpc) is 2.32. The van der Waals surface area contributed by atoms with Gasteiger partial charge in [0.05, 0.1) is 6.61 Å². The standard InChI is InChI=1S/C11H13F2NO4S/c1-3-18-11(15)7-14(2)19(16,17)10-6-8(12)4-5-9(10)13/h4-6H,3,7H2,1-2H3. The second-order valence-electron chi connectivity index (χ2n) is 3.64. The fraction of sp³-hybridized carbons (Fsp3) is 0.364. The van der Waals surface area contributed by atoms with E-state index in [0.717, 1.165) is 13.1 Å². The summed E-state index contributed by atoms with van der Waals surface area (Å²) in [6.45, 7) is 1.09. The van der Waals surface area contributed by atoms with E-state index in [0.29, 0.717) is 16.4 Å². The Labute approximate surface area is 109 Å². The van der Waals surface area contributed by atoms with Crippen LogP contribution in [0.25, 0.3) is 0 Å². The van der Waals surface area contributed by atoms with Gasteiger partial charge in [0, 0.05) is 7.05 Å². The van der Waals surface area contributed by atoms with Crippen LogP contribution in [0.5, 0.6) is 0 Å². The zero-order valence-corrected chi connectivity index (χ0v) is 11.2. The Morgan fingerprint density at radius 2 is 2.00 bits per heavy atom. The van der Waals surface area contributed by atoms with E-state index in [1.54, 1.807) is 6.92 Å². The van der Waals surface area contributed by atoms with E-state index in [1.807, 2.05) is 0 Å². The van der Waals surface area contributed by atoms with Crippen LogP contribution in [0.4, 0.5) is 8.78 Å².